The summed E-state index contributed by atoms with van der Waals surface area (Å²) in [6.45, 7) is 2.97. The maximum Gasteiger partial charge on any atom is 0.254 e. The van der Waals surface area contributed by atoms with E-state index in [9.17, 15) is 14.0 Å². The first-order valence-corrected chi connectivity index (χ1v) is 11.8. The summed E-state index contributed by atoms with van der Waals surface area (Å²) in [5, 5.41) is 3.70. The van der Waals surface area contributed by atoms with Crippen molar-refractivity contribution >= 4 is 22.7 Å². The number of furan rings is 1. The Morgan fingerprint density at radius 1 is 1.09 bits per heavy atom. The number of carbonyl (C=O) groups is 2. The lowest BCUT2D eigenvalue weighted by molar-refractivity contribution is -0.126. The molecule has 4 aromatic rings. The van der Waals surface area contributed by atoms with Crippen LogP contribution in [-0.4, -0.2) is 34.8 Å². The van der Waals surface area contributed by atoms with Crippen LogP contribution in [0.1, 0.15) is 34.3 Å². The van der Waals surface area contributed by atoms with Crippen molar-refractivity contribution in [3.8, 4) is 11.5 Å². The number of nitrogens with zero attached hydrogens (tertiary/aromatic N) is 2. The number of piperidine rings is 1. The van der Waals surface area contributed by atoms with Crippen LogP contribution in [0.2, 0.25) is 0 Å². The zero-order valence-electron chi connectivity index (χ0n) is 19.5. The fraction of sp³-hybridized carbons (Fsp3) is 0.250. The van der Waals surface area contributed by atoms with Gasteiger partial charge in [0.1, 0.15) is 11.5 Å². The molecule has 178 valence electrons. The molecule has 0 aliphatic carbocycles. The van der Waals surface area contributed by atoms with Crippen molar-refractivity contribution in [1.82, 2.24) is 15.2 Å². The van der Waals surface area contributed by atoms with Crippen LogP contribution in [0, 0.1) is 18.7 Å². The van der Waals surface area contributed by atoms with Crippen molar-refractivity contribution in [3.05, 3.63) is 89.4 Å². The van der Waals surface area contributed by atoms with Gasteiger partial charge in [-0.25, -0.2) is 9.37 Å². The summed E-state index contributed by atoms with van der Waals surface area (Å²) in [5.74, 6) is 0.0104. The molecular weight excluding hydrogens is 445 g/mol. The number of hydrogen-bond acceptors (Lipinski definition) is 4. The quantitative estimate of drug-likeness (QED) is 0.439. The summed E-state index contributed by atoms with van der Waals surface area (Å²) in [4.78, 5) is 32.7. The monoisotopic (exact) mass is 471 g/mol. The van der Waals surface area contributed by atoms with Crippen LogP contribution < -0.4 is 5.32 Å². The van der Waals surface area contributed by atoms with Gasteiger partial charge in [-0.1, -0.05) is 30.3 Å². The molecule has 2 aromatic carbocycles. The Hall–Kier alpha value is -4.00. The molecular formula is C28H26FN3O3. The Kier molecular flexibility index (Phi) is 6.31. The number of amides is 2. The maximum absolute atomic E-state index is 13.8. The second-order valence-corrected chi connectivity index (χ2v) is 8.92. The average molecular weight is 472 g/mol. The number of pyridine rings is 1. The first-order chi connectivity index (χ1) is 17.0. The van der Waals surface area contributed by atoms with Crippen LogP contribution in [0.15, 0.2) is 71.3 Å². The molecule has 0 bridgehead atoms. The second kappa shape index (κ2) is 9.70. The topological polar surface area (TPSA) is 75.4 Å². The van der Waals surface area contributed by atoms with Crippen LogP contribution in [0.25, 0.3) is 22.4 Å². The molecule has 5 rings (SSSR count). The van der Waals surface area contributed by atoms with Crippen LogP contribution in [0.4, 0.5) is 4.39 Å². The molecule has 1 aliphatic heterocycles. The molecule has 7 heteroatoms. The van der Waals surface area contributed by atoms with E-state index in [1.807, 2.05) is 36.4 Å². The van der Waals surface area contributed by atoms with Crippen LogP contribution >= 0.6 is 0 Å². The van der Waals surface area contributed by atoms with Gasteiger partial charge in [-0.2, -0.15) is 0 Å². The van der Waals surface area contributed by atoms with E-state index in [4.69, 9.17) is 4.42 Å². The zero-order valence-corrected chi connectivity index (χ0v) is 19.5. The molecule has 6 nitrogen and oxygen atoms in total. The summed E-state index contributed by atoms with van der Waals surface area (Å²) in [5.41, 5.74) is 3.22. The lowest BCUT2D eigenvalue weighted by Gasteiger charge is -2.31. The van der Waals surface area contributed by atoms with Crippen molar-refractivity contribution in [3.63, 3.8) is 0 Å². The van der Waals surface area contributed by atoms with E-state index in [1.165, 1.54) is 6.07 Å². The highest BCUT2D eigenvalue weighted by atomic mass is 19.1. The highest BCUT2D eigenvalue weighted by Gasteiger charge is 2.29. The Morgan fingerprint density at radius 3 is 2.63 bits per heavy atom. The van der Waals surface area contributed by atoms with E-state index in [0.29, 0.717) is 48.5 Å². The molecule has 2 amide bonds. The van der Waals surface area contributed by atoms with Gasteiger partial charge < -0.3 is 14.6 Å². The average Bonchev–Trinajstić information content (AvgIpc) is 3.43. The molecule has 0 unspecified atom stereocenters. The number of aromatic nitrogens is 1. The van der Waals surface area contributed by atoms with Gasteiger partial charge in [-0.15, -0.1) is 0 Å². The van der Waals surface area contributed by atoms with E-state index in [2.05, 4.69) is 10.3 Å². The fourth-order valence-electron chi connectivity index (χ4n) is 4.50. The van der Waals surface area contributed by atoms with Crippen molar-refractivity contribution in [2.75, 3.05) is 13.1 Å². The van der Waals surface area contributed by atoms with Crippen molar-refractivity contribution in [1.29, 1.82) is 0 Å². The summed E-state index contributed by atoms with van der Waals surface area (Å²) >= 11 is 0. The molecule has 1 fully saturated rings. The number of nitrogens with one attached hydrogen (secondary N) is 1. The van der Waals surface area contributed by atoms with Gasteiger partial charge in [0.25, 0.3) is 5.91 Å². The van der Waals surface area contributed by atoms with E-state index in [1.54, 1.807) is 36.3 Å². The van der Waals surface area contributed by atoms with Crippen molar-refractivity contribution < 1.29 is 18.4 Å². The first kappa shape index (κ1) is 22.8. The summed E-state index contributed by atoms with van der Waals surface area (Å²) in [6.07, 6.45) is 2.74. The molecule has 1 N–H and O–H groups in total. The highest BCUT2D eigenvalue weighted by Crippen LogP contribution is 2.28. The number of benzene rings is 2. The number of para-hydroxylation sites is 1. The predicted molar refractivity (Wildman–Crippen MR) is 131 cm³/mol. The molecule has 2 aromatic heterocycles. The standard InChI is InChI=1S/C28H26FN3O3/c1-18-8-9-19(15-23(18)29)17-30-27(33)20-10-12-32(13-11-20)28(34)22-16-25(26-7-4-14-35-26)31-24-6-3-2-5-21(22)24/h2-9,14-16,20H,10-13,17H2,1H3,(H,30,33). The lowest BCUT2D eigenvalue weighted by atomic mass is 9.95. The molecule has 3 heterocycles. The Bertz CT molecular complexity index is 1380. The molecule has 1 saturated heterocycles. The third-order valence-corrected chi connectivity index (χ3v) is 6.58. The van der Waals surface area contributed by atoms with Gasteiger partial charge in [-0.3, -0.25) is 9.59 Å². The van der Waals surface area contributed by atoms with E-state index in [-0.39, 0.29) is 30.1 Å². The van der Waals surface area contributed by atoms with Gasteiger partial charge in [0.2, 0.25) is 5.91 Å². The third kappa shape index (κ3) is 4.80. The number of rotatable bonds is 5. The molecule has 0 radical (unpaired) electrons. The molecule has 0 saturated carbocycles. The first-order valence-electron chi connectivity index (χ1n) is 11.8. The fourth-order valence-corrected chi connectivity index (χ4v) is 4.50. The minimum atomic E-state index is -0.276. The SMILES string of the molecule is Cc1ccc(CNC(=O)C2CCN(C(=O)c3cc(-c4ccco4)nc4ccccc34)CC2)cc1F. The highest BCUT2D eigenvalue weighted by molar-refractivity contribution is 6.07. The maximum atomic E-state index is 13.8. The minimum Gasteiger partial charge on any atom is -0.463 e. The van der Waals surface area contributed by atoms with E-state index < -0.39 is 0 Å². The van der Waals surface area contributed by atoms with Crippen molar-refractivity contribution in [2.24, 2.45) is 5.92 Å². The number of fused-ring (bicyclic) bond motifs is 1. The largest absolute Gasteiger partial charge is 0.463 e. The Labute approximate surface area is 202 Å². The van der Waals surface area contributed by atoms with Crippen molar-refractivity contribution in [2.45, 2.75) is 26.3 Å². The van der Waals surface area contributed by atoms with Crippen LogP contribution in [0.3, 0.4) is 0 Å². The summed E-state index contributed by atoms with van der Waals surface area (Å²) in [7, 11) is 0. The van der Waals surface area contributed by atoms with E-state index >= 15 is 0 Å². The lowest BCUT2D eigenvalue weighted by Crippen LogP contribution is -2.43. The summed E-state index contributed by atoms with van der Waals surface area (Å²) in [6, 6.07) is 17.9. The number of hydrogen-bond donors (Lipinski definition) is 1. The number of carbonyl (C=O) groups excluding carboxylic acids is 2. The van der Waals surface area contributed by atoms with Gasteiger partial charge in [0, 0.05) is 30.9 Å². The third-order valence-electron chi connectivity index (χ3n) is 6.58. The normalized spacial score (nSPS) is 14.3. The second-order valence-electron chi connectivity index (χ2n) is 8.92. The zero-order chi connectivity index (χ0) is 24.4. The van der Waals surface area contributed by atoms with Crippen LogP contribution in [0.5, 0.6) is 0 Å². The van der Waals surface area contributed by atoms with Gasteiger partial charge >= 0.3 is 0 Å². The minimum absolute atomic E-state index is 0.0625. The molecule has 1 aliphatic rings. The molecule has 35 heavy (non-hydrogen) atoms. The smallest absolute Gasteiger partial charge is 0.254 e. The Balaban J connectivity index is 1.26. The number of halogens is 1. The Morgan fingerprint density at radius 2 is 1.89 bits per heavy atom. The van der Waals surface area contributed by atoms with Gasteiger partial charge in [-0.05, 0) is 61.2 Å². The van der Waals surface area contributed by atoms with Gasteiger partial charge in [0.05, 0.1) is 17.3 Å². The van der Waals surface area contributed by atoms with E-state index in [0.717, 1.165) is 16.5 Å². The number of likely N-dealkylation sites (tertiary alicyclic amines) is 1. The predicted octanol–water partition coefficient (Wildman–Crippen LogP) is 5.11. The van der Waals surface area contributed by atoms with Gasteiger partial charge in [0.15, 0.2) is 5.76 Å². The molecule has 0 spiro atoms. The summed E-state index contributed by atoms with van der Waals surface area (Å²) < 4.78 is 19.3. The molecule has 0 atom stereocenters. The number of aryl methyl sites for hydroxylation is 1. The van der Waals surface area contributed by atoms with Crippen LogP contribution in [-0.2, 0) is 11.3 Å².